The van der Waals surface area contributed by atoms with Crippen LogP contribution in [0.1, 0.15) is 11.1 Å². The molecule has 1 aliphatic rings. The Morgan fingerprint density at radius 1 is 1.24 bits per heavy atom. The molecule has 1 aromatic carbocycles. The van der Waals surface area contributed by atoms with E-state index in [1.165, 1.54) is 20.4 Å². The summed E-state index contributed by atoms with van der Waals surface area (Å²) >= 11 is 0. The van der Waals surface area contributed by atoms with Crippen molar-refractivity contribution in [3.05, 3.63) is 11.1 Å². The number of methoxy groups -OCH3 is 2. The summed E-state index contributed by atoms with van der Waals surface area (Å²) in [6.07, 6.45) is 1.45. The summed E-state index contributed by atoms with van der Waals surface area (Å²) in [4.78, 5) is 0. The molecular formula is C10H14N4O3. The van der Waals surface area contributed by atoms with Crippen molar-refractivity contribution in [3.8, 4) is 11.5 Å². The molecule has 2 rings (SSSR count). The van der Waals surface area contributed by atoms with E-state index in [0.29, 0.717) is 34.0 Å². The molecule has 0 atom stereocenters. The van der Waals surface area contributed by atoms with Crippen LogP contribution in [0.4, 0.5) is 11.4 Å². The molecule has 0 fully saturated rings. The van der Waals surface area contributed by atoms with E-state index >= 15 is 0 Å². The Hall–Kier alpha value is -2.15. The Morgan fingerprint density at radius 3 is 2.41 bits per heavy atom. The van der Waals surface area contributed by atoms with Crippen LogP contribution in [0.15, 0.2) is 5.10 Å². The molecule has 5 N–H and O–H groups in total. The maximum absolute atomic E-state index is 9.37. The van der Waals surface area contributed by atoms with Crippen LogP contribution in [-0.4, -0.2) is 30.8 Å². The molecule has 92 valence electrons. The number of nitrogens with zero attached hydrogens (tertiary/aromatic N) is 2. The van der Waals surface area contributed by atoms with Gasteiger partial charge in [0.2, 0.25) is 0 Å². The van der Waals surface area contributed by atoms with Crippen LogP contribution < -0.4 is 20.9 Å². The van der Waals surface area contributed by atoms with Crippen LogP contribution >= 0.6 is 0 Å². The first-order valence-electron chi connectivity index (χ1n) is 4.92. The smallest absolute Gasteiger partial charge is 0.153 e. The first kappa shape index (κ1) is 11.3. The van der Waals surface area contributed by atoms with Gasteiger partial charge in [-0.1, -0.05) is 0 Å². The van der Waals surface area contributed by atoms with Crippen molar-refractivity contribution >= 4 is 17.6 Å². The van der Waals surface area contributed by atoms with Crippen molar-refractivity contribution in [3.63, 3.8) is 0 Å². The van der Waals surface area contributed by atoms with E-state index in [1.807, 2.05) is 0 Å². The predicted molar refractivity (Wildman–Crippen MR) is 63.3 cm³/mol. The number of nitrogens with two attached hydrogens (primary N) is 2. The Labute approximate surface area is 98.2 Å². The Morgan fingerprint density at radius 2 is 1.82 bits per heavy atom. The maximum Gasteiger partial charge on any atom is 0.153 e. The quantitative estimate of drug-likeness (QED) is 0.644. The topological polar surface area (TPSA) is 106 Å². The number of rotatable bonds is 2. The number of hydroxylamine groups is 1. The molecule has 0 bridgehead atoms. The monoisotopic (exact) mass is 238 g/mol. The molecule has 0 radical (unpaired) electrons. The molecule has 0 spiro atoms. The number of hydrogen-bond acceptors (Lipinski definition) is 7. The third kappa shape index (κ3) is 1.60. The Kier molecular flexibility index (Phi) is 2.68. The molecular weight excluding hydrogens is 224 g/mol. The minimum atomic E-state index is 0.163. The largest absolute Gasteiger partial charge is 0.494 e. The van der Waals surface area contributed by atoms with Gasteiger partial charge in [-0.2, -0.15) is 10.3 Å². The normalized spacial score (nSPS) is 13.5. The molecule has 17 heavy (non-hydrogen) atoms. The summed E-state index contributed by atoms with van der Waals surface area (Å²) in [5.74, 6) is 0.874. The highest BCUT2D eigenvalue weighted by Gasteiger charge is 2.25. The molecule has 0 saturated heterocycles. The van der Waals surface area contributed by atoms with Crippen molar-refractivity contribution in [2.75, 3.05) is 25.7 Å². The summed E-state index contributed by atoms with van der Waals surface area (Å²) in [5, 5.41) is 13.9. The van der Waals surface area contributed by atoms with Gasteiger partial charge < -0.3 is 20.9 Å². The number of anilines is 2. The molecule has 7 nitrogen and oxygen atoms in total. The second-order valence-corrected chi connectivity index (χ2v) is 3.56. The number of ether oxygens (including phenoxy) is 2. The van der Waals surface area contributed by atoms with Gasteiger partial charge in [-0.15, -0.1) is 0 Å². The second-order valence-electron chi connectivity index (χ2n) is 3.56. The fourth-order valence-corrected chi connectivity index (χ4v) is 1.86. The summed E-state index contributed by atoms with van der Waals surface area (Å²) in [6.45, 7) is 0.163. The fraction of sp³-hybridized carbons (Fsp3) is 0.300. The van der Waals surface area contributed by atoms with E-state index in [9.17, 15) is 5.21 Å². The lowest BCUT2D eigenvalue weighted by molar-refractivity contribution is -0.0994. The average molecular weight is 238 g/mol. The predicted octanol–water partition coefficient (Wildman–Crippen LogP) is 0.407. The zero-order valence-electron chi connectivity index (χ0n) is 9.60. The highest BCUT2D eigenvalue weighted by atomic mass is 16.5. The average Bonchev–Trinajstić information content (AvgIpc) is 2.32. The van der Waals surface area contributed by atoms with Crippen LogP contribution in [0.5, 0.6) is 11.5 Å². The van der Waals surface area contributed by atoms with Gasteiger partial charge in [0.25, 0.3) is 0 Å². The van der Waals surface area contributed by atoms with Crippen LogP contribution in [0, 0.1) is 0 Å². The molecule has 0 unspecified atom stereocenters. The third-order valence-electron chi connectivity index (χ3n) is 2.65. The van der Waals surface area contributed by atoms with Crippen LogP contribution in [0.3, 0.4) is 0 Å². The Bertz CT molecular complexity index is 487. The van der Waals surface area contributed by atoms with E-state index in [4.69, 9.17) is 20.9 Å². The minimum absolute atomic E-state index is 0.163. The van der Waals surface area contributed by atoms with Crippen LogP contribution in [0.25, 0.3) is 0 Å². The molecule has 0 saturated carbocycles. The van der Waals surface area contributed by atoms with Gasteiger partial charge in [-0.05, 0) is 0 Å². The lowest BCUT2D eigenvalue weighted by atomic mass is 10.0. The van der Waals surface area contributed by atoms with Gasteiger partial charge in [0.15, 0.2) is 5.75 Å². The van der Waals surface area contributed by atoms with E-state index in [2.05, 4.69) is 5.10 Å². The zero-order chi connectivity index (χ0) is 12.6. The van der Waals surface area contributed by atoms with Crippen LogP contribution in [-0.2, 0) is 6.54 Å². The van der Waals surface area contributed by atoms with Crippen molar-refractivity contribution < 1.29 is 14.7 Å². The van der Waals surface area contributed by atoms with E-state index in [1.54, 1.807) is 0 Å². The summed E-state index contributed by atoms with van der Waals surface area (Å²) in [6, 6.07) is 0. The number of fused-ring (bicyclic) bond motifs is 1. The molecule has 0 amide bonds. The molecule has 0 aliphatic carbocycles. The number of hydrazone groups is 1. The summed E-state index contributed by atoms with van der Waals surface area (Å²) < 4.78 is 10.4. The minimum Gasteiger partial charge on any atom is -0.494 e. The van der Waals surface area contributed by atoms with Gasteiger partial charge in [0.1, 0.15) is 17.1 Å². The van der Waals surface area contributed by atoms with Gasteiger partial charge >= 0.3 is 0 Å². The van der Waals surface area contributed by atoms with Crippen molar-refractivity contribution in [1.82, 2.24) is 5.17 Å². The highest BCUT2D eigenvalue weighted by Crippen LogP contribution is 2.43. The second kappa shape index (κ2) is 4.02. The lowest BCUT2D eigenvalue weighted by Crippen LogP contribution is -2.20. The van der Waals surface area contributed by atoms with Crippen molar-refractivity contribution in [2.45, 2.75) is 6.54 Å². The third-order valence-corrected chi connectivity index (χ3v) is 2.65. The Balaban J connectivity index is 2.74. The summed E-state index contributed by atoms with van der Waals surface area (Å²) in [7, 11) is 2.99. The van der Waals surface area contributed by atoms with Crippen LogP contribution in [0.2, 0.25) is 0 Å². The SMILES string of the molecule is COc1c(N)c(N)c(OC)c2c1C=NN(O)C2. The van der Waals surface area contributed by atoms with Gasteiger partial charge in [-0.25, -0.2) is 0 Å². The maximum atomic E-state index is 9.37. The molecule has 1 aromatic rings. The number of benzene rings is 1. The van der Waals surface area contributed by atoms with E-state index in [0.717, 1.165) is 5.17 Å². The number of nitrogen functional groups attached to an aromatic ring is 2. The summed E-state index contributed by atoms with van der Waals surface area (Å²) in [5.41, 5.74) is 13.7. The lowest BCUT2D eigenvalue weighted by Gasteiger charge is -2.24. The van der Waals surface area contributed by atoms with Gasteiger partial charge in [0.05, 0.1) is 27.0 Å². The van der Waals surface area contributed by atoms with Crippen molar-refractivity contribution in [1.29, 1.82) is 0 Å². The highest BCUT2D eigenvalue weighted by molar-refractivity contribution is 5.95. The van der Waals surface area contributed by atoms with Gasteiger partial charge in [-0.3, -0.25) is 5.21 Å². The van der Waals surface area contributed by atoms with Crippen molar-refractivity contribution in [2.24, 2.45) is 5.10 Å². The number of hydrogen-bond donors (Lipinski definition) is 3. The first-order valence-corrected chi connectivity index (χ1v) is 4.92. The van der Waals surface area contributed by atoms with E-state index in [-0.39, 0.29) is 6.54 Å². The molecule has 0 aromatic heterocycles. The molecule has 7 heteroatoms. The first-order chi connectivity index (χ1) is 8.10. The molecule has 1 aliphatic heterocycles. The zero-order valence-corrected chi connectivity index (χ0v) is 9.60. The van der Waals surface area contributed by atoms with E-state index < -0.39 is 0 Å². The van der Waals surface area contributed by atoms with Gasteiger partial charge in [0, 0.05) is 11.1 Å². The fourth-order valence-electron chi connectivity index (χ4n) is 1.86. The molecule has 1 heterocycles. The standard InChI is InChI=1S/C10H14N4O3/c1-16-9-5-3-13-14(15)4-6(5)10(17-2)8(12)7(9)11/h3,15H,4,11-12H2,1-2H3.